The van der Waals surface area contributed by atoms with Crippen LogP contribution < -0.4 is 4.74 Å². The fourth-order valence-corrected chi connectivity index (χ4v) is 2.25. The van der Waals surface area contributed by atoms with Gasteiger partial charge in [-0.1, -0.05) is 23.7 Å². The van der Waals surface area contributed by atoms with Gasteiger partial charge in [0.25, 0.3) is 0 Å². The number of aromatic carboxylic acids is 1. The van der Waals surface area contributed by atoms with Crippen molar-refractivity contribution >= 4 is 17.6 Å². The molecule has 0 radical (unpaired) electrons. The number of benzene rings is 2. The monoisotopic (exact) mass is 330 g/mol. The molecule has 1 N–H and O–H groups in total. The van der Waals surface area contributed by atoms with Gasteiger partial charge >= 0.3 is 12.3 Å². The molecule has 7 heteroatoms. The molecule has 116 valence electrons. The summed E-state index contributed by atoms with van der Waals surface area (Å²) in [5.41, 5.74) is 1.22. The van der Waals surface area contributed by atoms with Crippen LogP contribution in [0.5, 0.6) is 5.75 Å². The van der Waals surface area contributed by atoms with E-state index in [2.05, 4.69) is 4.74 Å². The maximum absolute atomic E-state index is 12.4. The van der Waals surface area contributed by atoms with Crippen molar-refractivity contribution in [2.45, 2.75) is 13.3 Å². The number of carbonyl (C=O) groups is 1. The van der Waals surface area contributed by atoms with E-state index in [1.54, 1.807) is 25.1 Å². The Hall–Kier alpha value is -2.21. The quantitative estimate of drug-likeness (QED) is 0.869. The number of aryl methyl sites for hydroxylation is 1. The van der Waals surface area contributed by atoms with Crippen LogP contribution >= 0.6 is 11.6 Å². The molecule has 0 amide bonds. The molecule has 0 saturated heterocycles. The molecule has 0 fully saturated rings. The van der Waals surface area contributed by atoms with Crippen molar-refractivity contribution in [1.82, 2.24) is 0 Å². The van der Waals surface area contributed by atoms with E-state index < -0.39 is 23.6 Å². The summed E-state index contributed by atoms with van der Waals surface area (Å²) in [5, 5.41) is 9.45. The summed E-state index contributed by atoms with van der Waals surface area (Å²) in [4.78, 5) is 11.0. The fraction of sp³-hybridized carbons (Fsp3) is 0.133. The maximum Gasteiger partial charge on any atom is 0.573 e. The minimum atomic E-state index is -4.97. The lowest BCUT2D eigenvalue weighted by molar-refractivity contribution is -0.274. The van der Waals surface area contributed by atoms with Crippen molar-refractivity contribution < 1.29 is 27.8 Å². The van der Waals surface area contributed by atoms with Crippen LogP contribution in [0.15, 0.2) is 36.4 Å². The van der Waals surface area contributed by atoms with Crippen molar-refractivity contribution in [2.75, 3.05) is 0 Å². The number of rotatable bonds is 3. The first kappa shape index (κ1) is 16.2. The molecule has 22 heavy (non-hydrogen) atoms. The highest BCUT2D eigenvalue weighted by atomic mass is 35.5. The van der Waals surface area contributed by atoms with Gasteiger partial charge in [0, 0.05) is 5.02 Å². The summed E-state index contributed by atoms with van der Waals surface area (Å²) in [6.45, 7) is 1.75. The number of carboxylic acid groups (broad SMARTS) is 1. The van der Waals surface area contributed by atoms with Gasteiger partial charge in [0.2, 0.25) is 0 Å². The molecule has 0 unspecified atom stereocenters. The van der Waals surface area contributed by atoms with E-state index in [0.29, 0.717) is 16.1 Å². The van der Waals surface area contributed by atoms with E-state index in [9.17, 15) is 18.0 Å². The fourth-order valence-electron chi connectivity index (χ4n) is 2.03. The Morgan fingerprint density at radius 3 is 2.41 bits per heavy atom. The number of alkyl halides is 3. The van der Waals surface area contributed by atoms with Crippen molar-refractivity contribution in [1.29, 1.82) is 0 Å². The molecule has 0 aromatic heterocycles. The summed E-state index contributed by atoms with van der Waals surface area (Å²) < 4.78 is 41.1. The van der Waals surface area contributed by atoms with Gasteiger partial charge in [0.05, 0.1) is 0 Å². The van der Waals surface area contributed by atoms with Gasteiger partial charge in [-0.2, -0.15) is 0 Å². The van der Waals surface area contributed by atoms with Gasteiger partial charge < -0.3 is 9.84 Å². The Kier molecular flexibility index (Phi) is 4.32. The van der Waals surface area contributed by atoms with E-state index in [1.165, 1.54) is 6.07 Å². The summed E-state index contributed by atoms with van der Waals surface area (Å²) >= 11 is 5.84. The Morgan fingerprint density at radius 1 is 1.18 bits per heavy atom. The molecule has 2 aromatic carbocycles. The lowest BCUT2D eigenvalue weighted by Gasteiger charge is -2.14. The van der Waals surface area contributed by atoms with E-state index >= 15 is 0 Å². The van der Waals surface area contributed by atoms with E-state index in [0.717, 1.165) is 17.7 Å². The number of ether oxygens (including phenoxy) is 1. The highest BCUT2D eigenvalue weighted by molar-refractivity contribution is 6.30. The first-order valence-corrected chi connectivity index (χ1v) is 6.45. The van der Waals surface area contributed by atoms with Crippen molar-refractivity contribution in [3.8, 4) is 16.9 Å². The zero-order valence-corrected chi connectivity index (χ0v) is 12.0. The van der Waals surface area contributed by atoms with Crippen LogP contribution in [0, 0.1) is 6.92 Å². The molecule has 0 aliphatic heterocycles. The molecule has 2 rings (SSSR count). The molecule has 2 aromatic rings. The zero-order valence-electron chi connectivity index (χ0n) is 11.2. The third-order valence-electron chi connectivity index (χ3n) is 2.94. The average Bonchev–Trinajstić information content (AvgIpc) is 2.36. The second-order valence-electron chi connectivity index (χ2n) is 4.52. The van der Waals surface area contributed by atoms with Crippen LogP contribution in [-0.4, -0.2) is 17.4 Å². The lowest BCUT2D eigenvalue weighted by Crippen LogP contribution is -2.19. The zero-order chi connectivity index (χ0) is 16.5. The van der Waals surface area contributed by atoms with Crippen LogP contribution in [0.25, 0.3) is 11.1 Å². The maximum atomic E-state index is 12.4. The Labute approximate surface area is 128 Å². The molecule has 0 saturated carbocycles. The molecule has 0 spiro atoms. The molecule has 0 atom stereocenters. The SMILES string of the molecule is Cc1cc(Cl)ccc1-c1ccc(C(=O)O)c(OC(F)(F)F)c1. The van der Waals surface area contributed by atoms with Gasteiger partial charge in [-0.15, -0.1) is 13.2 Å². The largest absolute Gasteiger partial charge is 0.573 e. The first-order chi connectivity index (χ1) is 10.2. The third-order valence-corrected chi connectivity index (χ3v) is 3.17. The predicted molar refractivity (Wildman–Crippen MR) is 75.3 cm³/mol. The third kappa shape index (κ3) is 3.71. The number of hydrogen-bond acceptors (Lipinski definition) is 2. The van der Waals surface area contributed by atoms with Crippen molar-refractivity contribution in [2.24, 2.45) is 0 Å². The molecular weight excluding hydrogens is 321 g/mol. The summed E-state index contributed by atoms with van der Waals surface area (Å²) in [6.07, 6.45) is -4.97. The van der Waals surface area contributed by atoms with Crippen LogP contribution in [0.4, 0.5) is 13.2 Å². The first-order valence-electron chi connectivity index (χ1n) is 6.07. The smallest absolute Gasteiger partial charge is 0.478 e. The number of carboxylic acids is 1. The second-order valence-corrected chi connectivity index (χ2v) is 4.96. The average molecular weight is 331 g/mol. The van der Waals surface area contributed by atoms with Gasteiger partial charge in [-0.3, -0.25) is 0 Å². The van der Waals surface area contributed by atoms with Crippen LogP contribution in [0.3, 0.4) is 0 Å². The molecule has 0 bridgehead atoms. The minimum absolute atomic E-state index is 0.401. The van der Waals surface area contributed by atoms with Crippen LogP contribution in [0.1, 0.15) is 15.9 Å². The Bertz CT molecular complexity index is 726. The predicted octanol–water partition coefficient (Wildman–Crippen LogP) is 4.91. The van der Waals surface area contributed by atoms with Gasteiger partial charge in [-0.05, 0) is 47.9 Å². The van der Waals surface area contributed by atoms with Crippen LogP contribution in [-0.2, 0) is 0 Å². The Morgan fingerprint density at radius 2 is 1.86 bits per heavy atom. The highest BCUT2D eigenvalue weighted by Crippen LogP contribution is 2.33. The summed E-state index contributed by atoms with van der Waals surface area (Å²) in [7, 11) is 0. The number of hydrogen-bond donors (Lipinski definition) is 1. The minimum Gasteiger partial charge on any atom is -0.478 e. The molecular formula is C15H10ClF3O3. The summed E-state index contributed by atoms with van der Waals surface area (Å²) in [5.74, 6) is -2.26. The normalized spacial score (nSPS) is 11.3. The molecule has 0 aliphatic rings. The molecule has 0 aliphatic carbocycles. The molecule has 3 nitrogen and oxygen atoms in total. The van der Waals surface area contributed by atoms with Crippen LogP contribution in [0.2, 0.25) is 5.02 Å². The lowest BCUT2D eigenvalue weighted by atomic mass is 9.99. The standard InChI is InChI=1S/C15H10ClF3O3/c1-8-6-10(16)3-5-11(8)9-2-4-12(14(20)21)13(7-9)22-15(17,18)19/h2-7H,1H3,(H,20,21). The van der Waals surface area contributed by atoms with Crippen molar-refractivity contribution in [3.05, 3.63) is 52.5 Å². The van der Waals surface area contributed by atoms with E-state index in [4.69, 9.17) is 16.7 Å². The summed E-state index contributed by atoms with van der Waals surface area (Å²) in [6, 6.07) is 8.44. The number of halogens is 4. The highest BCUT2D eigenvalue weighted by Gasteiger charge is 2.33. The van der Waals surface area contributed by atoms with Crippen molar-refractivity contribution in [3.63, 3.8) is 0 Å². The second kappa shape index (κ2) is 5.88. The topological polar surface area (TPSA) is 46.5 Å². The van der Waals surface area contributed by atoms with Gasteiger partial charge in [-0.25, -0.2) is 4.79 Å². The molecule has 0 heterocycles. The Balaban J connectivity index is 2.55. The van der Waals surface area contributed by atoms with Gasteiger partial charge in [0.1, 0.15) is 11.3 Å². The van der Waals surface area contributed by atoms with Gasteiger partial charge in [0.15, 0.2) is 0 Å². The van der Waals surface area contributed by atoms with E-state index in [-0.39, 0.29) is 0 Å². The van der Waals surface area contributed by atoms with E-state index in [1.807, 2.05) is 0 Å².